The molecular weight excluding hydrogens is 422 g/mol. The van der Waals surface area contributed by atoms with Crippen molar-refractivity contribution < 1.29 is 23.8 Å². The third-order valence-corrected chi connectivity index (χ3v) is 4.27. The number of ether oxygens (including phenoxy) is 3. The van der Waals surface area contributed by atoms with E-state index in [-0.39, 0.29) is 0 Å². The average molecular weight is 458 g/mol. The lowest BCUT2D eigenvalue weighted by Crippen LogP contribution is -2.34. The highest BCUT2D eigenvalue weighted by molar-refractivity contribution is 5.91. The largest absolute Gasteiger partial charge is 0.457 e. The van der Waals surface area contributed by atoms with Gasteiger partial charge in [0.15, 0.2) is 0 Å². The van der Waals surface area contributed by atoms with Crippen molar-refractivity contribution in [3.05, 3.63) is 48.0 Å². The van der Waals surface area contributed by atoms with Crippen molar-refractivity contribution in [2.45, 2.75) is 59.2 Å². The molecule has 0 radical (unpaired) electrons. The summed E-state index contributed by atoms with van der Waals surface area (Å²) in [4.78, 5) is 25.5. The minimum Gasteiger partial charge on any atom is -0.457 e. The van der Waals surface area contributed by atoms with E-state index in [9.17, 15) is 9.59 Å². The normalized spacial score (nSPS) is 11.5. The molecule has 33 heavy (non-hydrogen) atoms. The zero-order valence-corrected chi connectivity index (χ0v) is 20.5. The van der Waals surface area contributed by atoms with Crippen molar-refractivity contribution in [3.8, 4) is 11.5 Å². The quantitative estimate of drug-likeness (QED) is 0.555. The number of hydrogen-bond donors (Lipinski definition) is 2. The predicted molar refractivity (Wildman–Crippen MR) is 130 cm³/mol. The number of amides is 2. The van der Waals surface area contributed by atoms with E-state index in [1.807, 2.05) is 45.0 Å². The molecule has 0 aromatic heterocycles. The van der Waals surface area contributed by atoms with Gasteiger partial charge in [0.2, 0.25) is 0 Å². The molecule has 0 saturated carbocycles. The van der Waals surface area contributed by atoms with E-state index in [1.165, 1.54) is 4.90 Å². The number of rotatable bonds is 6. The molecule has 0 aliphatic rings. The Morgan fingerprint density at radius 1 is 0.909 bits per heavy atom. The SMILES string of the molecule is CN(C(=O)OC(C)(C)C)c1cc(Oc2ccc(CCNC(=O)OC(C)(C)C)cc2)ccc1N. The summed E-state index contributed by atoms with van der Waals surface area (Å²) in [5.41, 5.74) is 6.90. The zero-order chi connectivity index (χ0) is 24.8. The second-order valence-electron chi connectivity index (χ2n) is 9.68. The van der Waals surface area contributed by atoms with E-state index >= 15 is 0 Å². The lowest BCUT2D eigenvalue weighted by molar-refractivity contribution is 0.0526. The monoisotopic (exact) mass is 457 g/mol. The second-order valence-corrected chi connectivity index (χ2v) is 9.68. The summed E-state index contributed by atoms with van der Waals surface area (Å²) < 4.78 is 16.6. The highest BCUT2D eigenvalue weighted by Gasteiger charge is 2.22. The van der Waals surface area contributed by atoms with Gasteiger partial charge in [0, 0.05) is 19.7 Å². The maximum Gasteiger partial charge on any atom is 0.414 e. The van der Waals surface area contributed by atoms with Crippen LogP contribution in [-0.2, 0) is 15.9 Å². The van der Waals surface area contributed by atoms with Gasteiger partial charge in [-0.15, -0.1) is 0 Å². The number of alkyl carbamates (subject to hydrolysis) is 1. The molecule has 8 heteroatoms. The molecule has 2 aromatic rings. The summed E-state index contributed by atoms with van der Waals surface area (Å²) in [6, 6.07) is 12.7. The van der Waals surface area contributed by atoms with Crippen LogP contribution in [0.3, 0.4) is 0 Å². The van der Waals surface area contributed by atoms with Crippen molar-refractivity contribution in [1.29, 1.82) is 0 Å². The van der Waals surface area contributed by atoms with Gasteiger partial charge < -0.3 is 25.3 Å². The molecule has 0 heterocycles. The Morgan fingerprint density at radius 2 is 1.48 bits per heavy atom. The first kappa shape index (κ1) is 25.8. The molecular formula is C25H35N3O5. The smallest absolute Gasteiger partial charge is 0.414 e. The maximum atomic E-state index is 12.4. The number of anilines is 2. The first-order valence-corrected chi connectivity index (χ1v) is 10.8. The van der Waals surface area contributed by atoms with E-state index in [0.717, 1.165) is 5.56 Å². The van der Waals surface area contributed by atoms with Gasteiger partial charge in [0.05, 0.1) is 11.4 Å². The third-order valence-electron chi connectivity index (χ3n) is 4.27. The number of nitrogen functional groups attached to an aromatic ring is 1. The van der Waals surface area contributed by atoms with E-state index in [2.05, 4.69) is 5.32 Å². The van der Waals surface area contributed by atoms with Crippen LogP contribution in [0.2, 0.25) is 0 Å². The van der Waals surface area contributed by atoms with Crippen molar-refractivity contribution in [1.82, 2.24) is 5.32 Å². The van der Waals surface area contributed by atoms with Gasteiger partial charge in [0.1, 0.15) is 22.7 Å². The Hall–Kier alpha value is -3.42. The van der Waals surface area contributed by atoms with Crippen LogP contribution in [0.4, 0.5) is 21.0 Å². The number of nitrogens with two attached hydrogens (primary N) is 1. The topological polar surface area (TPSA) is 103 Å². The Balaban J connectivity index is 1.97. The van der Waals surface area contributed by atoms with E-state index in [4.69, 9.17) is 19.9 Å². The molecule has 2 rings (SSSR count). The predicted octanol–water partition coefficient (Wildman–Crippen LogP) is 5.50. The summed E-state index contributed by atoms with van der Waals surface area (Å²) in [6.07, 6.45) is -0.277. The fourth-order valence-corrected chi connectivity index (χ4v) is 2.79. The lowest BCUT2D eigenvalue weighted by Gasteiger charge is -2.25. The molecule has 0 aliphatic carbocycles. The molecule has 0 aliphatic heterocycles. The number of carbonyl (C=O) groups is 2. The van der Waals surface area contributed by atoms with Gasteiger partial charge in [-0.05, 0) is 77.8 Å². The minimum atomic E-state index is -0.613. The molecule has 3 N–H and O–H groups in total. The molecule has 8 nitrogen and oxygen atoms in total. The summed E-state index contributed by atoms with van der Waals surface area (Å²) >= 11 is 0. The van der Waals surface area contributed by atoms with Crippen LogP contribution < -0.4 is 20.7 Å². The highest BCUT2D eigenvalue weighted by atomic mass is 16.6. The molecule has 180 valence electrons. The first-order chi connectivity index (χ1) is 15.2. The number of nitrogens with zero attached hydrogens (tertiary/aromatic N) is 1. The number of nitrogens with one attached hydrogen (secondary N) is 1. The van der Waals surface area contributed by atoms with Crippen molar-refractivity contribution >= 4 is 23.6 Å². The zero-order valence-electron chi connectivity index (χ0n) is 20.5. The Bertz CT molecular complexity index is 959. The number of carbonyl (C=O) groups excluding carboxylic acids is 2. The molecule has 0 unspecified atom stereocenters. The molecule has 2 amide bonds. The molecule has 0 atom stereocenters. The van der Waals surface area contributed by atoms with Crippen LogP contribution in [-0.4, -0.2) is 37.0 Å². The van der Waals surface area contributed by atoms with Gasteiger partial charge in [-0.3, -0.25) is 4.90 Å². The highest BCUT2D eigenvalue weighted by Crippen LogP contribution is 2.31. The molecule has 0 bridgehead atoms. The van der Waals surface area contributed by atoms with E-state index < -0.39 is 23.4 Å². The third kappa shape index (κ3) is 8.92. The van der Waals surface area contributed by atoms with Crippen molar-refractivity contribution in [2.24, 2.45) is 0 Å². The Kier molecular flexibility index (Phi) is 8.19. The maximum absolute atomic E-state index is 12.4. The van der Waals surface area contributed by atoms with E-state index in [0.29, 0.717) is 35.8 Å². The molecule has 2 aromatic carbocycles. The summed E-state index contributed by atoms with van der Waals surface area (Å²) in [5.74, 6) is 1.17. The Morgan fingerprint density at radius 3 is 2.06 bits per heavy atom. The van der Waals surface area contributed by atoms with E-state index in [1.54, 1.807) is 46.0 Å². The van der Waals surface area contributed by atoms with Crippen LogP contribution in [0.15, 0.2) is 42.5 Å². The van der Waals surface area contributed by atoms with Crippen LogP contribution in [0.5, 0.6) is 11.5 Å². The van der Waals surface area contributed by atoms with Crippen molar-refractivity contribution in [2.75, 3.05) is 24.2 Å². The number of benzene rings is 2. The fraction of sp³-hybridized carbons (Fsp3) is 0.440. The van der Waals surface area contributed by atoms with Gasteiger partial charge in [-0.25, -0.2) is 9.59 Å². The fourth-order valence-electron chi connectivity index (χ4n) is 2.79. The van der Waals surface area contributed by atoms with Crippen LogP contribution in [0.1, 0.15) is 47.1 Å². The Labute approximate surface area is 196 Å². The molecule has 0 saturated heterocycles. The summed E-state index contributed by atoms with van der Waals surface area (Å²) in [5, 5.41) is 2.74. The molecule has 0 fully saturated rings. The average Bonchev–Trinajstić information content (AvgIpc) is 2.67. The van der Waals surface area contributed by atoms with Crippen LogP contribution in [0.25, 0.3) is 0 Å². The van der Waals surface area contributed by atoms with Gasteiger partial charge in [-0.1, -0.05) is 12.1 Å². The minimum absolute atomic E-state index is 0.432. The number of hydrogen-bond acceptors (Lipinski definition) is 6. The summed E-state index contributed by atoms with van der Waals surface area (Å²) in [7, 11) is 1.60. The first-order valence-electron chi connectivity index (χ1n) is 10.8. The second kappa shape index (κ2) is 10.5. The van der Waals surface area contributed by atoms with Crippen LogP contribution in [0, 0.1) is 0 Å². The summed E-state index contributed by atoms with van der Waals surface area (Å²) in [6.45, 7) is 11.4. The van der Waals surface area contributed by atoms with Crippen molar-refractivity contribution in [3.63, 3.8) is 0 Å². The van der Waals surface area contributed by atoms with Gasteiger partial charge >= 0.3 is 12.2 Å². The standard InChI is InChI=1S/C25H35N3O5/c1-24(2,3)32-22(29)27-15-14-17-8-10-18(11-9-17)31-19-12-13-20(26)21(16-19)28(7)23(30)33-25(4,5)6/h8-13,16H,14-15,26H2,1-7H3,(H,27,29). The van der Waals surface area contributed by atoms with Crippen LogP contribution >= 0.6 is 0 Å². The lowest BCUT2D eigenvalue weighted by atomic mass is 10.1. The van der Waals surface area contributed by atoms with Gasteiger partial charge in [-0.2, -0.15) is 0 Å². The molecule has 0 spiro atoms. The van der Waals surface area contributed by atoms with Gasteiger partial charge in [0.25, 0.3) is 0 Å².